The van der Waals surface area contributed by atoms with E-state index >= 15 is 0 Å². The van der Waals surface area contributed by atoms with Crippen molar-refractivity contribution in [3.63, 3.8) is 0 Å². The number of hydrogen-bond donors (Lipinski definition) is 2. The molecule has 0 saturated carbocycles. The highest BCUT2D eigenvalue weighted by molar-refractivity contribution is 7.17. The molecule has 0 bridgehead atoms. The van der Waals surface area contributed by atoms with Crippen molar-refractivity contribution in [3.05, 3.63) is 45.8 Å². The van der Waals surface area contributed by atoms with Gasteiger partial charge in [0.25, 0.3) is 5.91 Å². The van der Waals surface area contributed by atoms with Crippen LogP contribution in [0.25, 0.3) is 0 Å². The molecule has 6 nitrogen and oxygen atoms in total. The lowest BCUT2D eigenvalue weighted by Gasteiger charge is -2.40. The van der Waals surface area contributed by atoms with Crippen LogP contribution in [-0.4, -0.2) is 37.3 Å². The first-order chi connectivity index (χ1) is 14.0. The first-order valence-electron chi connectivity index (χ1n) is 9.97. The fraction of sp³-hybridized carbons (Fsp3) is 0.478. The summed E-state index contributed by atoms with van der Waals surface area (Å²) in [7, 11) is 1.60. The van der Waals surface area contributed by atoms with Gasteiger partial charge in [-0.25, -0.2) is 4.79 Å². The fourth-order valence-corrected chi connectivity index (χ4v) is 5.74. The van der Waals surface area contributed by atoms with Crippen molar-refractivity contribution < 1.29 is 24.2 Å². The quantitative estimate of drug-likeness (QED) is 0.605. The fourth-order valence-electron chi connectivity index (χ4n) is 4.43. The van der Waals surface area contributed by atoms with E-state index in [1.54, 1.807) is 31.4 Å². The molecule has 0 radical (unpaired) electrons. The molecular formula is C23H29NO5S. The van der Waals surface area contributed by atoms with Gasteiger partial charge in [0.15, 0.2) is 0 Å². The van der Waals surface area contributed by atoms with Gasteiger partial charge in [-0.15, -0.1) is 11.3 Å². The maximum absolute atomic E-state index is 12.8. The molecule has 30 heavy (non-hydrogen) atoms. The standard InChI is InChI=1S/C23H29NO5S/c1-22(2)12-16-17(21(26)27)20(30-18(16)23(3,4)13-22)24-19(25)14-6-8-15(9-7-14)29-11-10-28-5/h6-9H,10-13H2,1-5H3,(H,24,25)(H,26,27). The number of thiophene rings is 1. The Bertz CT molecular complexity index is 943. The third-order valence-electron chi connectivity index (χ3n) is 5.31. The van der Waals surface area contributed by atoms with Gasteiger partial charge < -0.3 is 19.9 Å². The van der Waals surface area contributed by atoms with E-state index < -0.39 is 5.97 Å². The molecule has 0 aliphatic heterocycles. The minimum Gasteiger partial charge on any atom is -0.491 e. The second-order valence-corrected chi connectivity index (χ2v) is 10.2. The van der Waals surface area contributed by atoms with Gasteiger partial charge in [-0.05, 0) is 53.5 Å². The molecule has 2 N–H and O–H groups in total. The van der Waals surface area contributed by atoms with E-state index in [0.29, 0.717) is 35.9 Å². The summed E-state index contributed by atoms with van der Waals surface area (Å²) >= 11 is 1.39. The highest BCUT2D eigenvalue weighted by Crippen LogP contribution is 2.52. The summed E-state index contributed by atoms with van der Waals surface area (Å²) in [6.07, 6.45) is 1.65. The molecule has 1 aliphatic rings. The normalized spacial score (nSPS) is 16.6. The van der Waals surface area contributed by atoms with Gasteiger partial charge in [0.05, 0.1) is 12.2 Å². The zero-order valence-electron chi connectivity index (χ0n) is 18.1. The minimum absolute atomic E-state index is 0.00169. The van der Waals surface area contributed by atoms with Crippen molar-refractivity contribution in [2.24, 2.45) is 5.41 Å². The number of carboxylic acids is 1. The van der Waals surface area contributed by atoms with Gasteiger partial charge in [-0.3, -0.25) is 4.79 Å². The number of fused-ring (bicyclic) bond motifs is 1. The van der Waals surface area contributed by atoms with Crippen LogP contribution in [0.4, 0.5) is 5.00 Å². The number of hydrogen-bond acceptors (Lipinski definition) is 5. The summed E-state index contributed by atoms with van der Waals surface area (Å²) in [5.74, 6) is -0.694. The monoisotopic (exact) mass is 431 g/mol. The van der Waals surface area contributed by atoms with Crippen LogP contribution >= 0.6 is 11.3 Å². The van der Waals surface area contributed by atoms with Crippen LogP contribution in [0.2, 0.25) is 0 Å². The summed E-state index contributed by atoms with van der Waals surface area (Å²) in [6.45, 7) is 9.52. The van der Waals surface area contributed by atoms with Crippen molar-refractivity contribution in [3.8, 4) is 5.75 Å². The number of carbonyl (C=O) groups is 2. The molecule has 162 valence electrons. The van der Waals surface area contributed by atoms with E-state index in [-0.39, 0.29) is 22.3 Å². The number of methoxy groups -OCH3 is 1. The molecule has 0 spiro atoms. The molecule has 1 aromatic carbocycles. The predicted molar refractivity (Wildman–Crippen MR) is 118 cm³/mol. The van der Waals surface area contributed by atoms with Crippen LogP contribution in [0.1, 0.15) is 65.3 Å². The smallest absolute Gasteiger partial charge is 0.339 e. The molecule has 1 aliphatic carbocycles. The van der Waals surface area contributed by atoms with Crippen LogP contribution < -0.4 is 10.1 Å². The van der Waals surface area contributed by atoms with E-state index in [1.165, 1.54) is 11.3 Å². The van der Waals surface area contributed by atoms with Crippen LogP contribution in [0, 0.1) is 5.41 Å². The van der Waals surface area contributed by atoms with E-state index in [1.807, 2.05) is 0 Å². The molecule has 0 fully saturated rings. The van der Waals surface area contributed by atoms with E-state index in [4.69, 9.17) is 9.47 Å². The molecule has 1 aromatic heterocycles. The van der Waals surface area contributed by atoms with Gasteiger partial charge in [0, 0.05) is 17.6 Å². The Morgan fingerprint density at radius 1 is 1.13 bits per heavy atom. The van der Waals surface area contributed by atoms with E-state index in [0.717, 1.165) is 16.9 Å². The molecule has 0 saturated heterocycles. The van der Waals surface area contributed by atoms with Crippen molar-refractivity contribution in [1.82, 2.24) is 0 Å². The largest absolute Gasteiger partial charge is 0.491 e. The Balaban J connectivity index is 1.86. The summed E-state index contributed by atoms with van der Waals surface area (Å²) in [6, 6.07) is 6.76. The van der Waals surface area contributed by atoms with Crippen LogP contribution in [0.5, 0.6) is 5.75 Å². The van der Waals surface area contributed by atoms with E-state index in [2.05, 4.69) is 33.0 Å². The lowest BCUT2D eigenvalue weighted by atomic mass is 9.65. The summed E-state index contributed by atoms with van der Waals surface area (Å²) in [5.41, 5.74) is 1.38. The number of ether oxygens (including phenoxy) is 2. The minimum atomic E-state index is -1.00. The maximum Gasteiger partial charge on any atom is 0.339 e. The van der Waals surface area contributed by atoms with Crippen molar-refractivity contribution in [2.75, 3.05) is 25.6 Å². The highest BCUT2D eigenvalue weighted by atomic mass is 32.1. The molecular weight excluding hydrogens is 402 g/mol. The number of carbonyl (C=O) groups excluding carboxylic acids is 1. The average molecular weight is 432 g/mol. The number of rotatable bonds is 7. The lowest BCUT2D eigenvalue weighted by molar-refractivity contribution is 0.0696. The summed E-state index contributed by atoms with van der Waals surface area (Å²) < 4.78 is 10.5. The molecule has 0 unspecified atom stereocenters. The van der Waals surface area contributed by atoms with Gasteiger partial charge in [-0.2, -0.15) is 0 Å². The zero-order chi connectivity index (χ0) is 22.1. The number of carboxylic acid groups (broad SMARTS) is 1. The molecule has 1 heterocycles. The van der Waals surface area contributed by atoms with Crippen LogP contribution in [0.15, 0.2) is 24.3 Å². The van der Waals surface area contributed by atoms with E-state index in [9.17, 15) is 14.7 Å². The van der Waals surface area contributed by atoms with Crippen molar-refractivity contribution in [2.45, 2.75) is 46.0 Å². The number of amides is 1. The van der Waals surface area contributed by atoms with Gasteiger partial charge in [0.2, 0.25) is 0 Å². The number of aromatic carboxylic acids is 1. The number of benzene rings is 1. The Morgan fingerprint density at radius 3 is 2.40 bits per heavy atom. The van der Waals surface area contributed by atoms with Gasteiger partial charge >= 0.3 is 5.97 Å². The highest BCUT2D eigenvalue weighted by Gasteiger charge is 2.42. The molecule has 3 rings (SSSR count). The SMILES string of the molecule is COCCOc1ccc(C(=O)Nc2sc3c(c2C(=O)O)CC(C)(C)CC3(C)C)cc1. The Morgan fingerprint density at radius 2 is 1.80 bits per heavy atom. The third kappa shape index (κ3) is 4.68. The van der Waals surface area contributed by atoms with Crippen molar-refractivity contribution >= 4 is 28.2 Å². The second-order valence-electron chi connectivity index (χ2n) is 9.14. The number of nitrogens with one attached hydrogen (secondary N) is 1. The van der Waals surface area contributed by atoms with Gasteiger partial charge in [0.1, 0.15) is 17.4 Å². The van der Waals surface area contributed by atoms with Crippen molar-refractivity contribution in [1.29, 1.82) is 0 Å². The first-order valence-corrected chi connectivity index (χ1v) is 10.8. The van der Waals surface area contributed by atoms with Crippen LogP contribution in [0.3, 0.4) is 0 Å². The third-order valence-corrected chi connectivity index (χ3v) is 6.82. The zero-order valence-corrected chi connectivity index (χ0v) is 18.9. The summed E-state index contributed by atoms with van der Waals surface area (Å²) in [4.78, 5) is 25.9. The number of anilines is 1. The lowest BCUT2D eigenvalue weighted by Crippen LogP contribution is -2.34. The van der Waals surface area contributed by atoms with Gasteiger partial charge in [-0.1, -0.05) is 27.7 Å². The first kappa shape index (κ1) is 22.3. The average Bonchev–Trinajstić information content (AvgIpc) is 2.99. The maximum atomic E-state index is 12.8. The molecule has 2 aromatic rings. The Labute approximate surface area is 181 Å². The Kier molecular flexibility index (Phi) is 6.24. The summed E-state index contributed by atoms with van der Waals surface area (Å²) in [5, 5.41) is 13.1. The second kappa shape index (κ2) is 8.40. The predicted octanol–water partition coefficient (Wildman–Crippen LogP) is 4.97. The Hall–Kier alpha value is -2.38. The molecule has 0 atom stereocenters. The molecule has 1 amide bonds. The van der Waals surface area contributed by atoms with Crippen LogP contribution in [-0.2, 0) is 16.6 Å². The topological polar surface area (TPSA) is 84.9 Å². The molecule has 7 heteroatoms.